The molecule has 130 valence electrons. The first-order chi connectivity index (χ1) is 11.0. The van der Waals surface area contributed by atoms with Gasteiger partial charge >= 0.3 is 5.97 Å². The van der Waals surface area contributed by atoms with Crippen LogP contribution in [0.2, 0.25) is 0 Å². The maximum Gasteiger partial charge on any atom is 0.320 e. The molecule has 0 aromatic heterocycles. The Balaban J connectivity index is 3.10. The van der Waals surface area contributed by atoms with Crippen molar-refractivity contribution < 1.29 is 19.4 Å². The Kier molecular flexibility index (Phi) is 7.89. The molecule has 5 heteroatoms. The lowest BCUT2D eigenvalue weighted by molar-refractivity contribution is -0.139. The third-order valence-corrected chi connectivity index (χ3v) is 4.19. The molecule has 3 atom stereocenters. The van der Waals surface area contributed by atoms with Gasteiger partial charge in [0.15, 0.2) is 11.5 Å². The van der Waals surface area contributed by atoms with Crippen LogP contribution in [0.15, 0.2) is 18.2 Å². The number of ether oxygens (including phenoxy) is 2. The topological polar surface area (TPSA) is 81.8 Å². The number of rotatable bonds is 10. The van der Waals surface area contributed by atoms with Crippen LogP contribution in [0.4, 0.5) is 0 Å². The molecule has 0 aliphatic carbocycles. The number of nitrogens with two attached hydrogens (primary N) is 1. The van der Waals surface area contributed by atoms with Crippen molar-refractivity contribution in [2.75, 3.05) is 13.2 Å². The van der Waals surface area contributed by atoms with Crippen LogP contribution in [0.5, 0.6) is 11.5 Å². The third-order valence-electron chi connectivity index (χ3n) is 4.19. The smallest absolute Gasteiger partial charge is 0.320 e. The van der Waals surface area contributed by atoms with Crippen molar-refractivity contribution in [3.63, 3.8) is 0 Å². The van der Waals surface area contributed by atoms with Crippen LogP contribution in [0.1, 0.15) is 52.0 Å². The van der Waals surface area contributed by atoms with Crippen LogP contribution in [-0.2, 0) is 4.79 Å². The molecule has 0 saturated carbocycles. The van der Waals surface area contributed by atoms with Gasteiger partial charge in [0.1, 0.15) is 6.04 Å². The zero-order chi connectivity index (χ0) is 17.4. The second-order valence-corrected chi connectivity index (χ2v) is 5.68. The summed E-state index contributed by atoms with van der Waals surface area (Å²) in [4.78, 5) is 11.0. The van der Waals surface area contributed by atoms with Crippen molar-refractivity contribution in [2.45, 2.75) is 52.5 Å². The number of carboxylic acid groups (broad SMARTS) is 1. The van der Waals surface area contributed by atoms with Gasteiger partial charge in [0.2, 0.25) is 0 Å². The van der Waals surface area contributed by atoms with Crippen LogP contribution in [0.25, 0.3) is 0 Å². The van der Waals surface area contributed by atoms with Crippen LogP contribution >= 0.6 is 0 Å². The molecular formula is C18H29NO4. The maximum absolute atomic E-state index is 11.0. The van der Waals surface area contributed by atoms with Gasteiger partial charge in [0, 0.05) is 5.56 Å². The monoisotopic (exact) mass is 323 g/mol. The van der Waals surface area contributed by atoms with Crippen LogP contribution in [0.3, 0.4) is 0 Å². The van der Waals surface area contributed by atoms with Gasteiger partial charge in [-0.3, -0.25) is 4.79 Å². The van der Waals surface area contributed by atoms with Gasteiger partial charge in [-0.05, 0) is 38.2 Å². The van der Waals surface area contributed by atoms with Gasteiger partial charge in [0.25, 0.3) is 0 Å². The molecular weight excluding hydrogens is 294 g/mol. The Bertz CT molecular complexity index is 504. The van der Waals surface area contributed by atoms with Gasteiger partial charge in [-0.15, -0.1) is 0 Å². The highest BCUT2D eigenvalue weighted by molar-refractivity contribution is 5.73. The largest absolute Gasteiger partial charge is 0.490 e. The first-order valence-electron chi connectivity index (χ1n) is 8.32. The number of carbonyl (C=O) groups is 1. The van der Waals surface area contributed by atoms with E-state index in [2.05, 4.69) is 13.8 Å². The minimum absolute atomic E-state index is 0.132. The Morgan fingerprint density at radius 3 is 2.39 bits per heavy atom. The SMILES string of the molecule is CCOc1cccc(C(C)C(CC)CC(N)C(=O)O)c1OCC. The fourth-order valence-electron chi connectivity index (χ4n) is 2.86. The average Bonchev–Trinajstić information content (AvgIpc) is 2.53. The number of carboxylic acids is 1. The second kappa shape index (κ2) is 9.40. The molecule has 0 aliphatic rings. The highest BCUT2D eigenvalue weighted by Crippen LogP contribution is 2.40. The van der Waals surface area contributed by atoms with E-state index in [1.54, 1.807) is 0 Å². The van der Waals surface area contributed by atoms with Gasteiger partial charge in [-0.1, -0.05) is 32.4 Å². The quantitative estimate of drug-likeness (QED) is 0.689. The fourth-order valence-corrected chi connectivity index (χ4v) is 2.86. The highest BCUT2D eigenvalue weighted by atomic mass is 16.5. The van der Waals surface area contributed by atoms with E-state index in [1.165, 1.54) is 0 Å². The first-order valence-corrected chi connectivity index (χ1v) is 8.32. The van der Waals surface area contributed by atoms with E-state index in [-0.39, 0.29) is 11.8 Å². The Morgan fingerprint density at radius 2 is 1.87 bits per heavy atom. The van der Waals surface area contributed by atoms with Gasteiger partial charge in [0.05, 0.1) is 13.2 Å². The molecule has 0 aliphatic heterocycles. The van der Waals surface area contributed by atoms with Crippen LogP contribution < -0.4 is 15.2 Å². The normalized spacial score (nSPS) is 14.8. The fraction of sp³-hybridized carbons (Fsp3) is 0.611. The molecule has 3 unspecified atom stereocenters. The molecule has 1 rings (SSSR count). The third kappa shape index (κ3) is 5.13. The summed E-state index contributed by atoms with van der Waals surface area (Å²) < 4.78 is 11.5. The lowest BCUT2D eigenvalue weighted by Crippen LogP contribution is -2.33. The van der Waals surface area contributed by atoms with Crippen LogP contribution in [-0.4, -0.2) is 30.3 Å². The van der Waals surface area contributed by atoms with E-state index in [0.29, 0.717) is 19.6 Å². The van der Waals surface area contributed by atoms with E-state index in [1.807, 2.05) is 32.0 Å². The molecule has 0 spiro atoms. The summed E-state index contributed by atoms with van der Waals surface area (Å²) in [6.07, 6.45) is 1.30. The van der Waals surface area contributed by atoms with Gasteiger partial charge < -0.3 is 20.3 Å². The summed E-state index contributed by atoms with van der Waals surface area (Å²) in [6.45, 7) is 9.15. The van der Waals surface area contributed by atoms with Crippen molar-refractivity contribution in [1.29, 1.82) is 0 Å². The summed E-state index contributed by atoms with van der Waals surface area (Å²) in [7, 11) is 0. The Labute approximate surface area is 138 Å². The number of hydrogen-bond acceptors (Lipinski definition) is 4. The summed E-state index contributed by atoms with van der Waals surface area (Å²) in [5.41, 5.74) is 6.77. The van der Waals surface area contributed by atoms with Crippen molar-refractivity contribution in [3.05, 3.63) is 23.8 Å². The predicted molar refractivity (Wildman–Crippen MR) is 91.2 cm³/mol. The zero-order valence-corrected chi connectivity index (χ0v) is 14.5. The van der Waals surface area contributed by atoms with E-state index < -0.39 is 12.0 Å². The molecule has 1 aromatic carbocycles. The number of aliphatic carboxylic acids is 1. The number of hydrogen-bond donors (Lipinski definition) is 2. The van der Waals surface area contributed by atoms with E-state index >= 15 is 0 Å². The summed E-state index contributed by atoms with van der Waals surface area (Å²) in [5.74, 6) is 0.830. The molecule has 3 N–H and O–H groups in total. The minimum Gasteiger partial charge on any atom is -0.490 e. The van der Waals surface area contributed by atoms with Crippen LogP contribution in [0, 0.1) is 5.92 Å². The van der Waals surface area contributed by atoms with Crippen molar-refractivity contribution >= 4 is 5.97 Å². The van der Waals surface area contributed by atoms with E-state index in [4.69, 9.17) is 20.3 Å². The maximum atomic E-state index is 11.0. The summed E-state index contributed by atoms with van der Waals surface area (Å²) >= 11 is 0. The molecule has 0 amide bonds. The second-order valence-electron chi connectivity index (χ2n) is 5.68. The van der Waals surface area contributed by atoms with Crippen molar-refractivity contribution in [2.24, 2.45) is 11.7 Å². The Morgan fingerprint density at radius 1 is 1.22 bits per heavy atom. The van der Waals surface area contributed by atoms with Crippen molar-refractivity contribution in [3.8, 4) is 11.5 Å². The molecule has 0 fully saturated rings. The first kappa shape index (κ1) is 19.3. The molecule has 23 heavy (non-hydrogen) atoms. The average molecular weight is 323 g/mol. The number of benzene rings is 1. The minimum atomic E-state index is -0.955. The molecule has 0 saturated heterocycles. The summed E-state index contributed by atoms with van der Waals surface area (Å²) in [5, 5.41) is 9.06. The highest BCUT2D eigenvalue weighted by Gasteiger charge is 2.26. The predicted octanol–water partition coefficient (Wildman–Crippen LogP) is 3.42. The summed E-state index contributed by atoms with van der Waals surface area (Å²) in [6, 6.07) is 5.03. The lowest BCUT2D eigenvalue weighted by Gasteiger charge is -2.27. The standard InChI is InChI=1S/C18H29NO4/c1-5-13(11-15(19)18(20)21)12(4)14-9-8-10-16(22-6-2)17(14)23-7-3/h8-10,12-13,15H,5-7,11,19H2,1-4H3,(H,20,21). The van der Waals surface area contributed by atoms with E-state index in [0.717, 1.165) is 23.5 Å². The van der Waals surface area contributed by atoms with Gasteiger partial charge in [-0.2, -0.15) is 0 Å². The molecule has 1 aromatic rings. The lowest BCUT2D eigenvalue weighted by atomic mass is 9.81. The molecule has 0 radical (unpaired) electrons. The molecule has 5 nitrogen and oxygen atoms in total. The van der Waals surface area contributed by atoms with Gasteiger partial charge in [-0.25, -0.2) is 0 Å². The molecule has 0 heterocycles. The zero-order valence-electron chi connectivity index (χ0n) is 14.5. The van der Waals surface area contributed by atoms with Crippen molar-refractivity contribution in [1.82, 2.24) is 0 Å². The molecule has 0 bridgehead atoms. The Hall–Kier alpha value is -1.75. The van der Waals surface area contributed by atoms with E-state index in [9.17, 15) is 4.79 Å². The number of para-hydroxylation sites is 1.